The van der Waals surface area contributed by atoms with Crippen molar-refractivity contribution in [3.8, 4) is 0 Å². The predicted octanol–water partition coefficient (Wildman–Crippen LogP) is 3.87. The van der Waals surface area contributed by atoms with Gasteiger partial charge >= 0.3 is 0 Å². The van der Waals surface area contributed by atoms with E-state index in [2.05, 4.69) is 30.3 Å². The molecule has 0 aromatic heterocycles. The van der Waals surface area contributed by atoms with Gasteiger partial charge in [-0.3, -0.25) is 0 Å². The Labute approximate surface area is 109 Å². The van der Waals surface area contributed by atoms with Gasteiger partial charge in [-0.15, -0.1) is 0 Å². The predicted molar refractivity (Wildman–Crippen MR) is 71.5 cm³/mol. The van der Waals surface area contributed by atoms with E-state index in [1.807, 2.05) is 0 Å². The van der Waals surface area contributed by atoms with Crippen LogP contribution < -0.4 is 0 Å². The van der Waals surface area contributed by atoms with Gasteiger partial charge in [0.15, 0.2) is 6.29 Å². The van der Waals surface area contributed by atoms with Gasteiger partial charge in [0.1, 0.15) is 0 Å². The standard InChI is InChI=1S/C16H22O2/c1-17-15-12-14(13-8-4-2-5-9-13)16(18-15)10-6-3-7-11-16/h2,4-5,8-9,14-15H,3,6-7,10-12H2,1H3/t14-,15?/m1/s1. The first-order valence-corrected chi connectivity index (χ1v) is 7.10. The van der Waals surface area contributed by atoms with E-state index in [9.17, 15) is 0 Å². The minimum Gasteiger partial charge on any atom is -0.356 e. The first kappa shape index (κ1) is 12.2. The molecule has 1 aliphatic carbocycles. The van der Waals surface area contributed by atoms with Crippen LogP contribution in [0.3, 0.4) is 0 Å². The van der Waals surface area contributed by atoms with Crippen molar-refractivity contribution in [3.05, 3.63) is 35.9 Å². The fourth-order valence-corrected chi connectivity index (χ4v) is 3.69. The van der Waals surface area contributed by atoms with E-state index < -0.39 is 0 Å². The fourth-order valence-electron chi connectivity index (χ4n) is 3.69. The molecule has 2 nitrogen and oxygen atoms in total. The minimum atomic E-state index is -0.0201. The van der Waals surface area contributed by atoms with E-state index in [0.29, 0.717) is 5.92 Å². The zero-order valence-corrected chi connectivity index (χ0v) is 11.1. The molecule has 1 aromatic carbocycles. The van der Waals surface area contributed by atoms with Gasteiger partial charge in [0, 0.05) is 19.4 Å². The van der Waals surface area contributed by atoms with Crippen molar-refractivity contribution in [3.63, 3.8) is 0 Å². The number of hydrogen-bond donors (Lipinski definition) is 0. The molecule has 1 heterocycles. The summed E-state index contributed by atoms with van der Waals surface area (Å²) in [6, 6.07) is 10.8. The molecule has 0 amide bonds. The molecule has 1 unspecified atom stereocenters. The fraction of sp³-hybridized carbons (Fsp3) is 0.625. The summed E-state index contributed by atoms with van der Waals surface area (Å²) >= 11 is 0. The van der Waals surface area contributed by atoms with Gasteiger partial charge in [0.05, 0.1) is 5.60 Å². The van der Waals surface area contributed by atoms with Crippen LogP contribution in [-0.4, -0.2) is 19.0 Å². The molecule has 0 N–H and O–H groups in total. The molecule has 1 saturated carbocycles. The van der Waals surface area contributed by atoms with Crippen LogP contribution in [0.4, 0.5) is 0 Å². The lowest BCUT2D eigenvalue weighted by molar-refractivity contribution is -0.166. The summed E-state index contributed by atoms with van der Waals surface area (Å²) in [5, 5.41) is 0. The van der Waals surface area contributed by atoms with E-state index in [0.717, 1.165) is 6.42 Å². The van der Waals surface area contributed by atoms with Crippen molar-refractivity contribution in [1.82, 2.24) is 0 Å². The number of benzene rings is 1. The van der Waals surface area contributed by atoms with E-state index in [4.69, 9.17) is 9.47 Å². The molecule has 1 aliphatic heterocycles. The third-order valence-corrected chi connectivity index (χ3v) is 4.59. The smallest absolute Gasteiger partial charge is 0.158 e. The SMILES string of the molecule is COC1C[C@H](c2ccccc2)C2(CCCCC2)O1. The molecule has 18 heavy (non-hydrogen) atoms. The highest BCUT2D eigenvalue weighted by Crippen LogP contribution is 2.50. The lowest BCUT2D eigenvalue weighted by Gasteiger charge is -2.38. The number of ether oxygens (including phenoxy) is 2. The molecule has 2 heteroatoms. The Morgan fingerprint density at radius 1 is 1.11 bits per heavy atom. The summed E-state index contributed by atoms with van der Waals surface area (Å²) in [5.74, 6) is 0.504. The summed E-state index contributed by atoms with van der Waals surface area (Å²) in [7, 11) is 1.76. The van der Waals surface area contributed by atoms with E-state index in [1.165, 1.54) is 37.7 Å². The maximum Gasteiger partial charge on any atom is 0.158 e. The lowest BCUT2D eigenvalue weighted by atomic mass is 9.73. The van der Waals surface area contributed by atoms with Crippen molar-refractivity contribution in [1.29, 1.82) is 0 Å². The molecule has 2 aliphatic rings. The second-order valence-electron chi connectivity index (χ2n) is 5.61. The zero-order valence-electron chi connectivity index (χ0n) is 11.1. The molecule has 1 aromatic rings. The topological polar surface area (TPSA) is 18.5 Å². The maximum absolute atomic E-state index is 6.28. The highest BCUT2D eigenvalue weighted by Gasteiger charge is 2.49. The molecule has 2 fully saturated rings. The van der Waals surface area contributed by atoms with Crippen molar-refractivity contribution >= 4 is 0 Å². The average molecular weight is 246 g/mol. The van der Waals surface area contributed by atoms with Gasteiger partial charge in [-0.05, 0) is 18.4 Å². The molecule has 1 saturated heterocycles. The number of rotatable bonds is 2. The van der Waals surface area contributed by atoms with Gasteiger partial charge in [-0.25, -0.2) is 0 Å². The molecule has 98 valence electrons. The van der Waals surface area contributed by atoms with Gasteiger partial charge in [-0.2, -0.15) is 0 Å². The molecular weight excluding hydrogens is 224 g/mol. The van der Waals surface area contributed by atoms with Crippen molar-refractivity contribution in [2.24, 2.45) is 0 Å². The molecule has 3 rings (SSSR count). The summed E-state index contributed by atoms with van der Waals surface area (Å²) < 4.78 is 11.8. The molecule has 0 bridgehead atoms. The van der Waals surface area contributed by atoms with Gasteiger partial charge in [-0.1, -0.05) is 49.6 Å². The third kappa shape index (κ3) is 2.08. The van der Waals surface area contributed by atoms with E-state index in [1.54, 1.807) is 7.11 Å². The van der Waals surface area contributed by atoms with Crippen LogP contribution in [0.2, 0.25) is 0 Å². The van der Waals surface area contributed by atoms with E-state index in [-0.39, 0.29) is 11.9 Å². The second-order valence-corrected chi connectivity index (χ2v) is 5.61. The van der Waals surface area contributed by atoms with Gasteiger partial charge in [0.2, 0.25) is 0 Å². The molecule has 2 atom stereocenters. The number of hydrogen-bond acceptors (Lipinski definition) is 2. The monoisotopic (exact) mass is 246 g/mol. The Balaban J connectivity index is 1.90. The van der Waals surface area contributed by atoms with Crippen molar-refractivity contribution < 1.29 is 9.47 Å². The Hall–Kier alpha value is -0.860. The van der Waals surface area contributed by atoms with Crippen LogP contribution in [0.25, 0.3) is 0 Å². The van der Waals surface area contributed by atoms with Crippen LogP contribution >= 0.6 is 0 Å². The third-order valence-electron chi connectivity index (χ3n) is 4.59. The van der Waals surface area contributed by atoms with Crippen LogP contribution in [-0.2, 0) is 9.47 Å². The second kappa shape index (κ2) is 5.02. The largest absolute Gasteiger partial charge is 0.356 e. The first-order valence-electron chi connectivity index (χ1n) is 7.10. The Bertz CT molecular complexity index is 381. The average Bonchev–Trinajstić information content (AvgIpc) is 2.79. The first-order chi connectivity index (χ1) is 8.84. The summed E-state index contributed by atoms with van der Waals surface area (Å²) in [4.78, 5) is 0. The highest BCUT2D eigenvalue weighted by atomic mass is 16.7. The Morgan fingerprint density at radius 3 is 2.50 bits per heavy atom. The molecule has 1 spiro atoms. The van der Waals surface area contributed by atoms with Gasteiger partial charge < -0.3 is 9.47 Å². The zero-order chi connectivity index (χ0) is 12.4. The van der Waals surface area contributed by atoms with Crippen LogP contribution in [0.5, 0.6) is 0 Å². The summed E-state index contributed by atoms with van der Waals surface area (Å²) in [5.41, 5.74) is 1.46. The molecular formula is C16H22O2. The summed E-state index contributed by atoms with van der Waals surface area (Å²) in [6.45, 7) is 0. The lowest BCUT2D eigenvalue weighted by Crippen LogP contribution is -2.37. The normalized spacial score (nSPS) is 30.7. The summed E-state index contributed by atoms with van der Waals surface area (Å²) in [6.07, 6.45) is 7.29. The van der Waals surface area contributed by atoms with Crippen LogP contribution in [0.1, 0.15) is 50.0 Å². The van der Waals surface area contributed by atoms with E-state index >= 15 is 0 Å². The molecule has 0 radical (unpaired) electrons. The number of methoxy groups -OCH3 is 1. The maximum atomic E-state index is 6.28. The quantitative estimate of drug-likeness (QED) is 0.788. The van der Waals surface area contributed by atoms with Gasteiger partial charge in [0.25, 0.3) is 0 Å². The van der Waals surface area contributed by atoms with Crippen molar-refractivity contribution in [2.45, 2.75) is 56.3 Å². The Morgan fingerprint density at radius 2 is 1.83 bits per heavy atom. The van der Waals surface area contributed by atoms with Crippen molar-refractivity contribution in [2.75, 3.05) is 7.11 Å². The Kier molecular flexibility index (Phi) is 3.40. The minimum absolute atomic E-state index is 0.0201. The van der Waals surface area contributed by atoms with Crippen LogP contribution in [0, 0.1) is 0 Å². The highest BCUT2D eigenvalue weighted by molar-refractivity contribution is 5.25. The van der Waals surface area contributed by atoms with Crippen LogP contribution in [0.15, 0.2) is 30.3 Å².